The Labute approximate surface area is 114 Å². The molecule has 1 aromatic carbocycles. The van der Waals surface area contributed by atoms with Crippen molar-refractivity contribution in [1.29, 1.82) is 0 Å². The molecule has 3 nitrogen and oxygen atoms in total. The van der Waals surface area contributed by atoms with Crippen molar-refractivity contribution in [3.05, 3.63) is 29.8 Å². The van der Waals surface area contributed by atoms with Gasteiger partial charge in [0.15, 0.2) is 0 Å². The molecule has 1 aliphatic rings. The zero-order valence-electron chi connectivity index (χ0n) is 11.8. The Kier molecular flexibility index (Phi) is 4.03. The predicted octanol–water partition coefficient (Wildman–Crippen LogP) is 2.96. The Morgan fingerprint density at radius 2 is 2.00 bits per heavy atom. The molecule has 0 radical (unpaired) electrons. The SMILES string of the molecule is Cc1ccccc1N1CCC[C@H](C(=O)C(C)C)C1=O. The number of hydrogen-bond donors (Lipinski definition) is 0. The molecular weight excluding hydrogens is 238 g/mol. The number of anilines is 1. The number of para-hydroxylation sites is 1. The third-order valence-corrected chi connectivity index (χ3v) is 3.76. The molecule has 0 saturated carbocycles. The van der Waals surface area contributed by atoms with Gasteiger partial charge in [0.1, 0.15) is 5.78 Å². The highest BCUT2D eigenvalue weighted by Gasteiger charge is 2.35. The number of aryl methyl sites for hydroxylation is 1. The van der Waals surface area contributed by atoms with Crippen molar-refractivity contribution in [2.75, 3.05) is 11.4 Å². The van der Waals surface area contributed by atoms with Crippen LogP contribution in [0, 0.1) is 18.8 Å². The van der Waals surface area contributed by atoms with E-state index in [1.165, 1.54) is 0 Å². The van der Waals surface area contributed by atoms with Crippen molar-refractivity contribution in [1.82, 2.24) is 0 Å². The van der Waals surface area contributed by atoms with Crippen LogP contribution in [0.1, 0.15) is 32.3 Å². The number of ketones is 1. The first kappa shape index (κ1) is 13.8. The van der Waals surface area contributed by atoms with Crippen LogP contribution < -0.4 is 4.90 Å². The molecule has 102 valence electrons. The molecule has 1 saturated heterocycles. The first-order chi connectivity index (χ1) is 9.02. The van der Waals surface area contributed by atoms with Crippen molar-refractivity contribution in [2.45, 2.75) is 33.6 Å². The first-order valence-corrected chi connectivity index (χ1v) is 6.93. The van der Waals surface area contributed by atoms with Crippen molar-refractivity contribution in [3.8, 4) is 0 Å². The zero-order chi connectivity index (χ0) is 14.0. The number of carbonyl (C=O) groups excluding carboxylic acids is 2. The van der Waals surface area contributed by atoms with Crippen LogP contribution in [0.4, 0.5) is 5.69 Å². The molecule has 19 heavy (non-hydrogen) atoms. The van der Waals surface area contributed by atoms with Gasteiger partial charge in [0.2, 0.25) is 5.91 Å². The fourth-order valence-corrected chi connectivity index (χ4v) is 2.65. The van der Waals surface area contributed by atoms with Gasteiger partial charge in [-0.25, -0.2) is 0 Å². The Balaban J connectivity index is 2.26. The summed E-state index contributed by atoms with van der Waals surface area (Å²) in [6.45, 7) is 6.44. The van der Waals surface area contributed by atoms with Crippen molar-refractivity contribution >= 4 is 17.4 Å². The van der Waals surface area contributed by atoms with Crippen molar-refractivity contribution < 1.29 is 9.59 Å². The lowest BCUT2D eigenvalue weighted by Gasteiger charge is -2.33. The minimum Gasteiger partial charge on any atom is -0.312 e. The second-order valence-corrected chi connectivity index (χ2v) is 5.53. The van der Waals surface area contributed by atoms with E-state index in [0.29, 0.717) is 13.0 Å². The van der Waals surface area contributed by atoms with Gasteiger partial charge in [0.05, 0.1) is 5.92 Å². The van der Waals surface area contributed by atoms with E-state index in [1.54, 1.807) is 4.90 Å². The molecule has 1 aromatic rings. The van der Waals surface area contributed by atoms with E-state index in [2.05, 4.69) is 0 Å². The maximum absolute atomic E-state index is 12.5. The van der Waals surface area contributed by atoms with E-state index in [9.17, 15) is 9.59 Å². The van der Waals surface area contributed by atoms with Crippen LogP contribution in [0.2, 0.25) is 0 Å². The first-order valence-electron chi connectivity index (χ1n) is 6.93. The molecule has 1 heterocycles. The standard InChI is InChI=1S/C16H21NO2/c1-11(2)15(18)13-8-6-10-17(16(13)19)14-9-5-4-7-12(14)3/h4-5,7,9,11,13H,6,8,10H2,1-3H3/t13-/m1/s1. The minimum atomic E-state index is -0.451. The summed E-state index contributed by atoms with van der Waals surface area (Å²) in [6.07, 6.45) is 1.58. The molecule has 0 N–H and O–H groups in total. The monoisotopic (exact) mass is 259 g/mol. The van der Waals surface area contributed by atoms with Crippen molar-refractivity contribution in [2.24, 2.45) is 11.8 Å². The number of benzene rings is 1. The van der Waals surface area contributed by atoms with Gasteiger partial charge in [-0.1, -0.05) is 32.0 Å². The van der Waals surface area contributed by atoms with E-state index in [4.69, 9.17) is 0 Å². The molecule has 1 atom stereocenters. The summed E-state index contributed by atoms with van der Waals surface area (Å²) < 4.78 is 0. The zero-order valence-corrected chi connectivity index (χ0v) is 11.8. The number of rotatable bonds is 3. The van der Waals surface area contributed by atoms with Gasteiger partial charge in [-0.3, -0.25) is 9.59 Å². The number of piperidine rings is 1. The van der Waals surface area contributed by atoms with Gasteiger partial charge < -0.3 is 4.90 Å². The van der Waals surface area contributed by atoms with Crippen LogP contribution in [0.15, 0.2) is 24.3 Å². The lowest BCUT2D eigenvalue weighted by atomic mass is 9.87. The van der Waals surface area contributed by atoms with E-state index < -0.39 is 5.92 Å². The smallest absolute Gasteiger partial charge is 0.237 e. The van der Waals surface area contributed by atoms with Crippen LogP contribution in [-0.4, -0.2) is 18.2 Å². The lowest BCUT2D eigenvalue weighted by Crippen LogP contribution is -2.45. The summed E-state index contributed by atoms with van der Waals surface area (Å²) in [4.78, 5) is 26.4. The Morgan fingerprint density at radius 1 is 1.32 bits per heavy atom. The Hall–Kier alpha value is -1.64. The number of Topliss-reactive ketones (excluding diaryl/α,β-unsaturated/α-hetero) is 1. The van der Waals surface area contributed by atoms with Gasteiger partial charge in [-0.15, -0.1) is 0 Å². The van der Waals surface area contributed by atoms with Crippen LogP contribution >= 0.6 is 0 Å². The highest BCUT2D eigenvalue weighted by atomic mass is 16.2. The van der Waals surface area contributed by atoms with Gasteiger partial charge in [0, 0.05) is 18.2 Å². The predicted molar refractivity (Wildman–Crippen MR) is 76.1 cm³/mol. The van der Waals surface area contributed by atoms with Gasteiger partial charge in [0.25, 0.3) is 0 Å². The fraction of sp³-hybridized carbons (Fsp3) is 0.500. The van der Waals surface area contributed by atoms with Gasteiger partial charge in [-0.2, -0.15) is 0 Å². The average Bonchev–Trinajstić information content (AvgIpc) is 2.39. The molecule has 1 fully saturated rings. The normalized spacial score (nSPS) is 19.9. The molecule has 3 heteroatoms. The molecule has 0 aliphatic carbocycles. The Morgan fingerprint density at radius 3 is 2.63 bits per heavy atom. The molecule has 0 unspecified atom stereocenters. The summed E-state index contributed by atoms with van der Waals surface area (Å²) in [6, 6.07) is 7.85. The van der Waals surface area contributed by atoms with Crippen LogP contribution in [0.5, 0.6) is 0 Å². The largest absolute Gasteiger partial charge is 0.312 e. The summed E-state index contributed by atoms with van der Waals surface area (Å²) in [5.74, 6) is -0.485. The van der Waals surface area contributed by atoms with E-state index in [1.807, 2.05) is 45.0 Å². The number of carbonyl (C=O) groups is 2. The molecule has 2 rings (SSSR count). The van der Waals surface area contributed by atoms with Crippen LogP contribution in [-0.2, 0) is 9.59 Å². The average molecular weight is 259 g/mol. The summed E-state index contributed by atoms with van der Waals surface area (Å²) in [5.41, 5.74) is 2.02. The molecule has 1 aliphatic heterocycles. The third-order valence-electron chi connectivity index (χ3n) is 3.76. The van der Waals surface area contributed by atoms with Gasteiger partial charge in [-0.05, 0) is 31.4 Å². The van der Waals surface area contributed by atoms with Crippen molar-refractivity contribution in [3.63, 3.8) is 0 Å². The topological polar surface area (TPSA) is 37.4 Å². The molecule has 0 aromatic heterocycles. The highest BCUT2D eigenvalue weighted by Crippen LogP contribution is 2.28. The molecule has 0 spiro atoms. The third kappa shape index (κ3) is 2.70. The Bertz CT molecular complexity index is 493. The second-order valence-electron chi connectivity index (χ2n) is 5.53. The fourth-order valence-electron chi connectivity index (χ4n) is 2.65. The quantitative estimate of drug-likeness (QED) is 0.783. The maximum atomic E-state index is 12.5. The maximum Gasteiger partial charge on any atom is 0.237 e. The molecular formula is C16H21NO2. The summed E-state index contributed by atoms with van der Waals surface area (Å²) in [7, 11) is 0. The van der Waals surface area contributed by atoms with Crippen LogP contribution in [0.3, 0.4) is 0 Å². The summed E-state index contributed by atoms with van der Waals surface area (Å²) >= 11 is 0. The van der Waals surface area contributed by atoms with Crippen LogP contribution in [0.25, 0.3) is 0 Å². The number of hydrogen-bond acceptors (Lipinski definition) is 2. The molecule has 0 bridgehead atoms. The number of nitrogens with zero attached hydrogens (tertiary/aromatic N) is 1. The highest BCUT2D eigenvalue weighted by molar-refractivity contribution is 6.09. The second kappa shape index (κ2) is 5.55. The number of amides is 1. The summed E-state index contributed by atoms with van der Waals surface area (Å²) in [5, 5.41) is 0. The van der Waals surface area contributed by atoms with E-state index >= 15 is 0 Å². The lowest BCUT2D eigenvalue weighted by molar-refractivity contribution is -0.135. The minimum absolute atomic E-state index is 0.0285. The van der Waals surface area contributed by atoms with Gasteiger partial charge >= 0.3 is 0 Å². The molecule has 1 amide bonds. The van der Waals surface area contributed by atoms with E-state index in [-0.39, 0.29) is 17.6 Å². The van der Waals surface area contributed by atoms with E-state index in [0.717, 1.165) is 17.7 Å².